The number of alkyl halides is 3. The first-order chi connectivity index (χ1) is 5.82. The van der Waals surface area contributed by atoms with Crippen LogP contribution < -0.4 is 0 Å². The van der Waals surface area contributed by atoms with Gasteiger partial charge in [-0.2, -0.15) is 0 Å². The van der Waals surface area contributed by atoms with E-state index >= 15 is 0 Å². The fourth-order valence-corrected chi connectivity index (χ4v) is 2.75. The molecular weight excluding hydrogens is 273 g/mol. The Morgan fingerprint density at radius 2 is 1.38 bits per heavy atom. The molecule has 0 aliphatic rings. The number of aryl methyl sites for hydroxylation is 1. The van der Waals surface area contributed by atoms with E-state index in [1.165, 1.54) is 0 Å². The molecular formula is C8H5Cl5. The molecule has 0 N–H and O–H groups in total. The topological polar surface area (TPSA) is 0 Å². The molecule has 0 aliphatic heterocycles. The van der Waals surface area contributed by atoms with Crippen molar-refractivity contribution in [2.24, 2.45) is 0 Å². The number of rotatable bonds is 0. The summed E-state index contributed by atoms with van der Waals surface area (Å²) in [4.78, 5) is 0. The van der Waals surface area contributed by atoms with E-state index in [9.17, 15) is 0 Å². The van der Waals surface area contributed by atoms with E-state index in [0.29, 0.717) is 15.6 Å². The summed E-state index contributed by atoms with van der Waals surface area (Å²) in [7, 11) is 0. The highest BCUT2D eigenvalue weighted by atomic mass is 35.6. The van der Waals surface area contributed by atoms with Crippen molar-refractivity contribution in [1.82, 2.24) is 0 Å². The minimum Gasteiger partial charge on any atom is -0.0838 e. The minimum absolute atomic E-state index is 0.325. The van der Waals surface area contributed by atoms with Crippen molar-refractivity contribution in [2.45, 2.75) is 10.7 Å². The molecule has 0 atom stereocenters. The minimum atomic E-state index is -1.58. The zero-order chi connectivity index (χ0) is 10.2. The molecule has 0 saturated heterocycles. The quantitative estimate of drug-likeness (QED) is 0.577. The summed E-state index contributed by atoms with van der Waals surface area (Å²) < 4.78 is -1.58. The fraction of sp³-hybridized carbons (Fsp3) is 0.250. The smallest absolute Gasteiger partial charge is 0.0838 e. The molecule has 1 rings (SSSR count). The fourth-order valence-electron chi connectivity index (χ4n) is 0.971. The third-order valence-electron chi connectivity index (χ3n) is 1.47. The van der Waals surface area contributed by atoms with Crippen molar-refractivity contribution >= 4 is 58.0 Å². The SMILES string of the molecule is Cc1cc(Cl)c(C(Cl)(Cl)Cl)c(Cl)c1. The van der Waals surface area contributed by atoms with Gasteiger partial charge >= 0.3 is 0 Å². The van der Waals surface area contributed by atoms with Crippen molar-refractivity contribution in [3.63, 3.8) is 0 Å². The highest BCUT2D eigenvalue weighted by Gasteiger charge is 2.28. The van der Waals surface area contributed by atoms with Gasteiger partial charge in [-0.3, -0.25) is 0 Å². The van der Waals surface area contributed by atoms with Crippen molar-refractivity contribution in [1.29, 1.82) is 0 Å². The van der Waals surface area contributed by atoms with Crippen LogP contribution in [0.5, 0.6) is 0 Å². The van der Waals surface area contributed by atoms with E-state index in [1.54, 1.807) is 12.1 Å². The zero-order valence-electron chi connectivity index (χ0n) is 6.54. The van der Waals surface area contributed by atoms with Crippen LogP contribution in [-0.2, 0) is 3.79 Å². The molecule has 0 saturated carbocycles. The number of halogens is 5. The first-order valence-corrected chi connectivity index (χ1v) is 5.24. The summed E-state index contributed by atoms with van der Waals surface area (Å²) in [5, 5.41) is 0.731. The van der Waals surface area contributed by atoms with Gasteiger partial charge in [0.2, 0.25) is 3.79 Å². The average molecular weight is 278 g/mol. The molecule has 13 heavy (non-hydrogen) atoms. The summed E-state index contributed by atoms with van der Waals surface area (Å²) in [6.45, 7) is 1.86. The molecule has 0 heterocycles. The van der Waals surface area contributed by atoms with Crippen LogP contribution in [0.2, 0.25) is 10.0 Å². The standard InChI is InChI=1S/C8H5Cl5/c1-4-2-5(9)7(6(10)3-4)8(11,12)13/h2-3H,1H3. The van der Waals surface area contributed by atoms with Gasteiger partial charge in [-0.1, -0.05) is 58.0 Å². The Hall–Kier alpha value is 0.670. The molecule has 0 nitrogen and oxygen atoms in total. The van der Waals surface area contributed by atoms with Gasteiger partial charge in [0.1, 0.15) is 0 Å². The van der Waals surface area contributed by atoms with Crippen LogP contribution in [-0.4, -0.2) is 0 Å². The van der Waals surface area contributed by atoms with Crippen LogP contribution >= 0.6 is 58.0 Å². The Morgan fingerprint density at radius 3 is 1.69 bits per heavy atom. The van der Waals surface area contributed by atoms with Gasteiger partial charge in [-0.25, -0.2) is 0 Å². The lowest BCUT2D eigenvalue weighted by Crippen LogP contribution is -2.02. The molecule has 0 unspecified atom stereocenters. The van der Waals surface area contributed by atoms with Crippen LogP contribution in [0.15, 0.2) is 12.1 Å². The summed E-state index contributed by atoms with van der Waals surface area (Å²) >= 11 is 28.8. The van der Waals surface area contributed by atoms with Gasteiger partial charge in [0.25, 0.3) is 0 Å². The van der Waals surface area contributed by atoms with Gasteiger partial charge < -0.3 is 0 Å². The first kappa shape index (κ1) is 11.7. The second-order valence-corrected chi connectivity index (χ2v) is 5.70. The predicted octanol–water partition coefficient (Wildman–Crippen LogP) is 5.13. The summed E-state index contributed by atoms with van der Waals surface area (Å²) in [5.41, 5.74) is 1.25. The Balaban J connectivity index is 3.38. The van der Waals surface area contributed by atoms with E-state index in [4.69, 9.17) is 58.0 Å². The molecule has 0 fully saturated rings. The van der Waals surface area contributed by atoms with Gasteiger partial charge in [0.15, 0.2) is 0 Å². The lowest BCUT2D eigenvalue weighted by Gasteiger charge is -2.15. The molecule has 0 radical (unpaired) electrons. The second-order valence-electron chi connectivity index (χ2n) is 2.60. The van der Waals surface area contributed by atoms with Gasteiger partial charge in [-0.15, -0.1) is 0 Å². The monoisotopic (exact) mass is 276 g/mol. The summed E-state index contributed by atoms with van der Waals surface area (Å²) in [6.07, 6.45) is 0. The maximum absolute atomic E-state index is 5.88. The van der Waals surface area contributed by atoms with E-state index in [-0.39, 0.29) is 0 Å². The highest BCUT2D eigenvalue weighted by molar-refractivity contribution is 6.67. The summed E-state index contributed by atoms with van der Waals surface area (Å²) in [6, 6.07) is 3.40. The maximum Gasteiger partial charge on any atom is 0.218 e. The van der Waals surface area contributed by atoms with Crippen LogP contribution in [0, 0.1) is 6.92 Å². The number of hydrogen-bond acceptors (Lipinski definition) is 0. The summed E-state index contributed by atoms with van der Waals surface area (Å²) in [5.74, 6) is 0. The molecule has 0 aromatic heterocycles. The molecule has 5 heteroatoms. The van der Waals surface area contributed by atoms with Crippen molar-refractivity contribution in [2.75, 3.05) is 0 Å². The largest absolute Gasteiger partial charge is 0.218 e. The lowest BCUT2D eigenvalue weighted by molar-refractivity contribution is 1.23. The molecule has 0 spiro atoms. The maximum atomic E-state index is 5.88. The normalized spacial score (nSPS) is 11.8. The predicted molar refractivity (Wildman–Crippen MR) is 60.4 cm³/mol. The molecule has 0 amide bonds. The Kier molecular flexibility index (Phi) is 3.65. The molecule has 1 aromatic rings. The average Bonchev–Trinajstić information content (AvgIpc) is 1.78. The zero-order valence-corrected chi connectivity index (χ0v) is 10.3. The number of hydrogen-bond donors (Lipinski definition) is 0. The van der Waals surface area contributed by atoms with E-state index in [0.717, 1.165) is 5.56 Å². The van der Waals surface area contributed by atoms with Gasteiger partial charge in [0, 0.05) is 15.6 Å². The lowest BCUT2D eigenvalue weighted by atomic mass is 10.2. The molecule has 0 aliphatic carbocycles. The highest BCUT2D eigenvalue weighted by Crippen LogP contribution is 2.45. The second kappa shape index (κ2) is 4.04. The van der Waals surface area contributed by atoms with Crippen molar-refractivity contribution in [3.05, 3.63) is 33.3 Å². The van der Waals surface area contributed by atoms with E-state index in [1.807, 2.05) is 6.92 Å². The van der Waals surface area contributed by atoms with Crippen LogP contribution in [0.4, 0.5) is 0 Å². The molecule has 1 aromatic carbocycles. The van der Waals surface area contributed by atoms with Crippen LogP contribution in [0.25, 0.3) is 0 Å². The van der Waals surface area contributed by atoms with Gasteiger partial charge in [-0.05, 0) is 24.6 Å². The Bertz CT molecular complexity index is 303. The van der Waals surface area contributed by atoms with Crippen molar-refractivity contribution < 1.29 is 0 Å². The Morgan fingerprint density at radius 1 is 1.00 bits per heavy atom. The molecule has 72 valence electrons. The third-order valence-corrected chi connectivity index (χ3v) is 2.63. The third kappa shape index (κ3) is 2.81. The van der Waals surface area contributed by atoms with Crippen LogP contribution in [0.3, 0.4) is 0 Å². The molecule has 0 bridgehead atoms. The number of benzene rings is 1. The Labute approximate surface area is 102 Å². The first-order valence-electron chi connectivity index (χ1n) is 3.35. The van der Waals surface area contributed by atoms with Crippen molar-refractivity contribution in [3.8, 4) is 0 Å². The van der Waals surface area contributed by atoms with Crippen LogP contribution in [0.1, 0.15) is 11.1 Å². The van der Waals surface area contributed by atoms with E-state index < -0.39 is 3.79 Å². The van der Waals surface area contributed by atoms with Gasteiger partial charge in [0.05, 0.1) is 0 Å². The van der Waals surface area contributed by atoms with E-state index in [2.05, 4.69) is 0 Å².